The minimum absolute atomic E-state index is 0.0626. The van der Waals surface area contributed by atoms with Crippen LogP contribution in [-0.2, 0) is 0 Å². The summed E-state index contributed by atoms with van der Waals surface area (Å²) in [6.07, 6.45) is 3.80. The van der Waals surface area contributed by atoms with Crippen molar-refractivity contribution in [2.24, 2.45) is 0 Å². The Morgan fingerprint density at radius 2 is 1.91 bits per heavy atom. The summed E-state index contributed by atoms with van der Waals surface area (Å²) in [6.45, 7) is 2.69. The Labute approximate surface area is 201 Å². The van der Waals surface area contributed by atoms with Crippen molar-refractivity contribution < 1.29 is 14.1 Å². The van der Waals surface area contributed by atoms with Gasteiger partial charge in [-0.05, 0) is 76.7 Å². The van der Waals surface area contributed by atoms with E-state index >= 15 is 0 Å². The second-order valence-electron chi connectivity index (χ2n) is 8.73. The zero-order valence-corrected chi connectivity index (χ0v) is 20.2. The van der Waals surface area contributed by atoms with E-state index in [4.69, 9.17) is 0 Å². The van der Waals surface area contributed by atoms with Crippen molar-refractivity contribution in [1.29, 1.82) is 0 Å². The van der Waals surface area contributed by atoms with Crippen LogP contribution in [0.4, 0.5) is 20.9 Å². The number of anilines is 2. The number of piperidine rings is 1. The minimum Gasteiger partial charge on any atom is -0.366 e. The maximum atomic E-state index is 13.7. The van der Waals surface area contributed by atoms with Crippen LogP contribution in [0.1, 0.15) is 36.0 Å². The Balaban J connectivity index is 1.68. The van der Waals surface area contributed by atoms with E-state index in [0.29, 0.717) is 34.0 Å². The number of carbonyl (C=O) groups excluding carboxylic acids is 1. The summed E-state index contributed by atoms with van der Waals surface area (Å²) in [6, 6.07) is 9.04. The lowest BCUT2D eigenvalue weighted by Crippen LogP contribution is -2.34. The van der Waals surface area contributed by atoms with Crippen LogP contribution in [0.2, 0.25) is 0 Å². The summed E-state index contributed by atoms with van der Waals surface area (Å²) >= 11 is 1.24. The summed E-state index contributed by atoms with van der Waals surface area (Å²) in [7, 11) is 3.91. The molecule has 0 bridgehead atoms. The number of nitro groups is 1. The fourth-order valence-corrected chi connectivity index (χ4v) is 5.21. The van der Waals surface area contributed by atoms with Gasteiger partial charge in [0, 0.05) is 31.3 Å². The first kappa shape index (κ1) is 24.0. The van der Waals surface area contributed by atoms with Crippen LogP contribution in [0.25, 0.3) is 10.2 Å². The molecule has 0 N–H and O–H groups in total. The van der Waals surface area contributed by atoms with Crippen LogP contribution in [0.5, 0.6) is 0 Å². The van der Waals surface area contributed by atoms with E-state index in [0.717, 1.165) is 38.9 Å². The van der Waals surface area contributed by atoms with E-state index in [2.05, 4.69) is 4.98 Å². The van der Waals surface area contributed by atoms with Gasteiger partial charge in [0.2, 0.25) is 0 Å². The first-order chi connectivity index (χ1) is 16.3. The van der Waals surface area contributed by atoms with Crippen molar-refractivity contribution in [1.82, 2.24) is 9.88 Å². The zero-order valence-electron chi connectivity index (χ0n) is 19.4. The van der Waals surface area contributed by atoms with Gasteiger partial charge in [0.15, 0.2) is 5.13 Å². The van der Waals surface area contributed by atoms with Crippen LogP contribution in [0.15, 0.2) is 36.4 Å². The molecular formula is C24H28FN5O3S. The molecule has 1 saturated heterocycles. The third kappa shape index (κ3) is 5.34. The topological polar surface area (TPSA) is 82.8 Å². The molecule has 3 aromatic rings. The maximum absolute atomic E-state index is 13.7. The van der Waals surface area contributed by atoms with Gasteiger partial charge in [0.05, 0.1) is 15.1 Å². The highest BCUT2D eigenvalue weighted by molar-refractivity contribution is 7.22. The summed E-state index contributed by atoms with van der Waals surface area (Å²) in [5, 5.41) is 12.3. The Morgan fingerprint density at radius 3 is 2.62 bits per heavy atom. The van der Waals surface area contributed by atoms with Crippen LogP contribution >= 0.6 is 11.3 Å². The molecule has 2 aromatic carbocycles. The lowest BCUT2D eigenvalue weighted by Gasteiger charge is -2.28. The molecule has 0 aliphatic carbocycles. The molecule has 1 aliphatic heterocycles. The van der Waals surface area contributed by atoms with Crippen molar-refractivity contribution in [3.8, 4) is 0 Å². The lowest BCUT2D eigenvalue weighted by molar-refractivity contribution is -0.384. The van der Waals surface area contributed by atoms with E-state index in [1.165, 1.54) is 29.5 Å². The molecule has 2 heterocycles. The molecule has 0 unspecified atom stereocenters. The normalized spacial score (nSPS) is 14.1. The lowest BCUT2D eigenvalue weighted by atomic mass is 10.1. The highest BCUT2D eigenvalue weighted by atomic mass is 32.1. The number of rotatable bonds is 8. The van der Waals surface area contributed by atoms with E-state index in [-0.39, 0.29) is 23.0 Å². The van der Waals surface area contributed by atoms with E-state index in [1.807, 2.05) is 23.9 Å². The van der Waals surface area contributed by atoms with E-state index in [1.54, 1.807) is 23.1 Å². The Bertz CT molecular complexity index is 1190. The van der Waals surface area contributed by atoms with Crippen molar-refractivity contribution >= 4 is 44.0 Å². The smallest absolute Gasteiger partial charge is 0.293 e. The van der Waals surface area contributed by atoms with Crippen LogP contribution in [0, 0.1) is 15.9 Å². The molecule has 0 saturated carbocycles. The molecule has 0 spiro atoms. The zero-order chi connectivity index (χ0) is 24.2. The Morgan fingerprint density at radius 1 is 1.15 bits per heavy atom. The summed E-state index contributed by atoms with van der Waals surface area (Å²) in [4.78, 5) is 35.2. The molecule has 1 fully saturated rings. The standard InChI is InChI=1S/C24H28FN5O3S/c1-27(2)11-6-14-29(24-26-19-9-8-18(25)16-22(19)34-24)23(31)17-7-10-20(21(15-17)30(32)33)28-12-4-3-5-13-28/h7-10,15-16H,3-6,11-14H2,1-2H3. The molecule has 4 rings (SSSR count). The number of benzene rings is 2. The Kier molecular flexibility index (Phi) is 7.38. The number of carbonyl (C=O) groups is 1. The van der Waals surface area contributed by atoms with Gasteiger partial charge in [0.25, 0.3) is 11.6 Å². The molecule has 1 aromatic heterocycles. The van der Waals surface area contributed by atoms with Crippen molar-refractivity contribution in [3.63, 3.8) is 0 Å². The maximum Gasteiger partial charge on any atom is 0.293 e. The second kappa shape index (κ2) is 10.4. The largest absolute Gasteiger partial charge is 0.366 e. The van der Waals surface area contributed by atoms with E-state index < -0.39 is 4.92 Å². The SMILES string of the molecule is CN(C)CCCN(C(=O)c1ccc(N2CCCCC2)c([N+](=O)[O-])c1)c1nc2ccc(F)cc2s1. The number of nitrogens with zero attached hydrogens (tertiary/aromatic N) is 5. The number of halogens is 1. The van der Waals surface area contributed by atoms with Gasteiger partial charge in [-0.3, -0.25) is 19.8 Å². The molecule has 10 heteroatoms. The number of fused-ring (bicyclic) bond motifs is 1. The first-order valence-electron chi connectivity index (χ1n) is 11.4. The van der Waals surface area contributed by atoms with Gasteiger partial charge in [-0.15, -0.1) is 0 Å². The van der Waals surface area contributed by atoms with Gasteiger partial charge in [-0.25, -0.2) is 9.37 Å². The van der Waals surface area contributed by atoms with E-state index in [9.17, 15) is 19.3 Å². The van der Waals surface area contributed by atoms with Gasteiger partial charge >= 0.3 is 0 Å². The van der Waals surface area contributed by atoms with Gasteiger partial charge in [0.1, 0.15) is 11.5 Å². The third-order valence-electron chi connectivity index (χ3n) is 5.92. The number of hydrogen-bond acceptors (Lipinski definition) is 7. The fourth-order valence-electron chi connectivity index (χ4n) is 4.19. The van der Waals surface area contributed by atoms with Crippen LogP contribution in [-0.4, -0.2) is 61.0 Å². The molecule has 8 nitrogen and oxygen atoms in total. The Hall–Kier alpha value is -3.11. The molecule has 180 valence electrons. The van der Waals surface area contributed by atoms with Crippen LogP contribution in [0.3, 0.4) is 0 Å². The predicted molar refractivity (Wildman–Crippen MR) is 134 cm³/mol. The first-order valence-corrected chi connectivity index (χ1v) is 12.2. The van der Waals surface area contributed by atoms with Gasteiger partial charge < -0.3 is 9.80 Å². The number of aromatic nitrogens is 1. The minimum atomic E-state index is -0.419. The fraction of sp³-hybridized carbons (Fsp3) is 0.417. The molecule has 1 amide bonds. The summed E-state index contributed by atoms with van der Waals surface area (Å²) in [5.41, 5.74) is 1.34. The number of amides is 1. The summed E-state index contributed by atoms with van der Waals surface area (Å²) in [5.74, 6) is -0.719. The predicted octanol–water partition coefficient (Wildman–Crippen LogP) is 4.93. The molecule has 0 atom stereocenters. The van der Waals surface area contributed by atoms with Crippen molar-refractivity contribution in [2.45, 2.75) is 25.7 Å². The third-order valence-corrected chi connectivity index (χ3v) is 6.96. The van der Waals surface area contributed by atoms with Crippen molar-refractivity contribution in [2.75, 3.05) is 50.1 Å². The second-order valence-corrected chi connectivity index (χ2v) is 9.74. The number of nitro benzene ring substituents is 1. The molecule has 34 heavy (non-hydrogen) atoms. The quantitative estimate of drug-likeness (QED) is 0.332. The van der Waals surface area contributed by atoms with Crippen LogP contribution < -0.4 is 9.80 Å². The average Bonchev–Trinajstić information content (AvgIpc) is 3.24. The number of thiazole rings is 1. The van der Waals surface area contributed by atoms with Gasteiger partial charge in [-0.2, -0.15) is 0 Å². The monoisotopic (exact) mass is 485 g/mol. The summed E-state index contributed by atoms with van der Waals surface area (Å²) < 4.78 is 14.3. The van der Waals surface area contributed by atoms with Gasteiger partial charge in [-0.1, -0.05) is 11.3 Å². The highest BCUT2D eigenvalue weighted by Crippen LogP contribution is 2.34. The molecule has 0 radical (unpaired) electrons. The highest BCUT2D eigenvalue weighted by Gasteiger charge is 2.27. The van der Waals surface area contributed by atoms with Crippen molar-refractivity contribution in [3.05, 3.63) is 57.9 Å². The average molecular weight is 486 g/mol. The molecular weight excluding hydrogens is 457 g/mol. The number of hydrogen-bond donors (Lipinski definition) is 0. The molecule has 1 aliphatic rings.